The van der Waals surface area contributed by atoms with E-state index < -0.39 is 0 Å². The van der Waals surface area contributed by atoms with Crippen LogP contribution in [0.1, 0.15) is 32.3 Å². The number of anilines is 1. The van der Waals surface area contributed by atoms with E-state index >= 15 is 0 Å². The SMILES string of the molecule is COc1ccc2nc(N3C[C@@H](C)N(C(=O)OC4CCN(Cc5ccccc5)CC4)C[C@@H]3C)cnc2c1. The molecule has 2 aliphatic heterocycles. The molecule has 0 N–H and O–H groups in total. The number of likely N-dealkylation sites (tertiary alicyclic amines) is 1. The van der Waals surface area contributed by atoms with Gasteiger partial charge in [-0.3, -0.25) is 9.88 Å². The van der Waals surface area contributed by atoms with Crippen molar-refractivity contribution in [3.63, 3.8) is 0 Å². The third-order valence-corrected chi connectivity index (χ3v) is 7.30. The minimum absolute atomic E-state index is 0.0141. The number of ether oxygens (including phenoxy) is 2. The van der Waals surface area contributed by atoms with E-state index in [-0.39, 0.29) is 24.3 Å². The van der Waals surface area contributed by atoms with E-state index in [0.29, 0.717) is 13.1 Å². The van der Waals surface area contributed by atoms with E-state index in [1.165, 1.54) is 5.56 Å². The molecule has 2 aromatic carbocycles. The lowest BCUT2D eigenvalue weighted by Crippen LogP contribution is -2.59. The number of piperazine rings is 1. The number of carbonyl (C=O) groups is 1. The second kappa shape index (κ2) is 10.7. The van der Waals surface area contributed by atoms with Crippen molar-refractivity contribution in [2.45, 2.75) is 51.4 Å². The second-order valence-electron chi connectivity index (χ2n) is 9.93. The number of hydrogen-bond donors (Lipinski definition) is 0. The molecule has 0 unspecified atom stereocenters. The Kier molecular flexibility index (Phi) is 7.23. The van der Waals surface area contributed by atoms with Gasteiger partial charge in [0.05, 0.1) is 24.3 Å². The molecule has 0 spiro atoms. The van der Waals surface area contributed by atoms with Crippen LogP contribution in [0.15, 0.2) is 54.7 Å². The zero-order chi connectivity index (χ0) is 25.1. The van der Waals surface area contributed by atoms with Crippen molar-refractivity contribution in [2.24, 2.45) is 0 Å². The Morgan fingerprint density at radius 2 is 1.78 bits per heavy atom. The molecule has 190 valence electrons. The highest BCUT2D eigenvalue weighted by Crippen LogP contribution is 2.26. The van der Waals surface area contributed by atoms with Crippen molar-refractivity contribution in [3.8, 4) is 5.75 Å². The quantitative estimate of drug-likeness (QED) is 0.528. The Balaban J connectivity index is 1.15. The number of fused-ring (bicyclic) bond motifs is 1. The molecular formula is C28H35N5O3. The van der Waals surface area contributed by atoms with Crippen molar-refractivity contribution in [1.29, 1.82) is 0 Å². The van der Waals surface area contributed by atoms with Gasteiger partial charge < -0.3 is 19.3 Å². The number of nitrogens with zero attached hydrogens (tertiary/aromatic N) is 5. The summed E-state index contributed by atoms with van der Waals surface area (Å²) in [7, 11) is 1.64. The summed E-state index contributed by atoms with van der Waals surface area (Å²) < 4.78 is 11.3. The third-order valence-electron chi connectivity index (χ3n) is 7.30. The van der Waals surface area contributed by atoms with Crippen LogP contribution in [0.2, 0.25) is 0 Å². The summed E-state index contributed by atoms with van der Waals surface area (Å²) in [5.41, 5.74) is 2.95. The third kappa shape index (κ3) is 5.38. The van der Waals surface area contributed by atoms with E-state index in [1.807, 2.05) is 35.4 Å². The van der Waals surface area contributed by atoms with Gasteiger partial charge in [-0.2, -0.15) is 0 Å². The van der Waals surface area contributed by atoms with Gasteiger partial charge in [0.2, 0.25) is 0 Å². The number of hydrogen-bond acceptors (Lipinski definition) is 7. The largest absolute Gasteiger partial charge is 0.497 e. The molecule has 0 radical (unpaired) electrons. The number of aromatic nitrogens is 2. The van der Waals surface area contributed by atoms with E-state index in [9.17, 15) is 4.79 Å². The van der Waals surface area contributed by atoms with Crippen LogP contribution in [-0.4, -0.2) is 77.3 Å². The van der Waals surface area contributed by atoms with Crippen LogP contribution >= 0.6 is 0 Å². The van der Waals surface area contributed by atoms with E-state index in [1.54, 1.807) is 7.11 Å². The molecule has 0 aliphatic carbocycles. The van der Waals surface area contributed by atoms with Gasteiger partial charge in [0.15, 0.2) is 0 Å². The monoisotopic (exact) mass is 489 g/mol. The van der Waals surface area contributed by atoms with E-state index in [4.69, 9.17) is 14.5 Å². The Morgan fingerprint density at radius 1 is 1.00 bits per heavy atom. The average Bonchev–Trinajstić information content (AvgIpc) is 2.90. The van der Waals surface area contributed by atoms with Gasteiger partial charge in [-0.05, 0) is 44.4 Å². The highest BCUT2D eigenvalue weighted by molar-refractivity contribution is 5.77. The summed E-state index contributed by atoms with van der Waals surface area (Å²) in [6, 6.07) is 16.4. The summed E-state index contributed by atoms with van der Waals surface area (Å²) in [6.07, 6.45) is 3.34. The number of rotatable bonds is 5. The molecule has 5 rings (SSSR count). The van der Waals surface area contributed by atoms with Gasteiger partial charge in [-0.15, -0.1) is 0 Å². The first-order chi connectivity index (χ1) is 17.5. The van der Waals surface area contributed by atoms with Gasteiger partial charge >= 0.3 is 6.09 Å². The molecule has 2 atom stereocenters. The molecule has 8 heteroatoms. The molecule has 8 nitrogen and oxygen atoms in total. The maximum atomic E-state index is 13.1. The lowest BCUT2D eigenvalue weighted by Gasteiger charge is -2.44. The van der Waals surface area contributed by atoms with Crippen LogP contribution in [0.25, 0.3) is 11.0 Å². The van der Waals surface area contributed by atoms with Gasteiger partial charge in [-0.25, -0.2) is 9.78 Å². The van der Waals surface area contributed by atoms with Crippen molar-refractivity contribution >= 4 is 22.9 Å². The molecule has 0 bridgehead atoms. The maximum Gasteiger partial charge on any atom is 0.410 e. The minimum Gasteiger partial charge on any atom is -0.497 e. The van der Waals surface area contributed by atoms with Crippen LogP contribution in [0.5, 0.6) is 5.75 Å². The normalized spacial score (nSPS) is 21.5. The Hall–Kier alpha value is -3.39. The first-order valence-electron chi connectivity index (χ1n) is 12.8. The summed E-state index contributed by atoms with van der Waals surface area (Å²) in [4.78, 5) is 29.1. The smallest absolute Gasteiger partial charge is 0.410 e. The fourth-order valence-electron chi connectivity index (χ4n) is 5.18. The van der Waals surface area contributed by atoms with Gasteiger partial charge in [0.25, 0.3) is 0 Å². The van der Waals surface area contributed by atoms with Crippen LogP contribution in [0.4, 0.5) is 10.6 Å². The standard InChI is InChI=1S/C28H35N5O3/c1-20-18-33(28(34)36-23-11-13-31(14-12-23)19-22-7-5-4-6-8-22)21(2)17-32(20)27-16-29-26-15-24(35-3)9-10-25(26)30-27/h4-10,15-16,20-21,23H,11-14,17-19H2,1-3H3/t20-,21+/m0/s1. The molecule has 1 amide bonds. The van der Waals surface area contributed by atoms with Crippen LogP contribution < -0.4 is 9.64 Å². The Morgan fingerprint density at radius 3 is 2.53 bits per heavy atom. The Labute approximate surface area is 212 Å². The molecule has 1 aromatic heterocycles. The zero-order valence-corrected chi connectivity index (χ0v) is 21.3. The van der Waals surface area contributed by atoms with Gasteiger partial charge in [0.1, 0.15) is 17.7 Å². The van der Waals surface area contributed by atoms with Gasteiger partial charge in [0, 0.05) is 50.9 Å². The Bertz CT molecular complexity index is 1180. The lowest BCUT2D eigenvalue weighted by molar-refractivity contribution is 0.0166. The van der Waals surface area contributed by atoms with Gasteiger partial charge in [-0.1, -0.05) is 30.3 Å². The summed E-state index contributed by atoms with van der Waals surface area (Å²) >= 11 is 0. The minimum atomic E-state index is -0.202. The number of benzene rings is 2. The number of methoxy groups -OCH3 is 1. The van der Waals surface area contributed by atoms with E-state index in [0.717, 1.165) is 55.1 Å². The highest BCUT2D eigenvalue weighted by Gasteiger charge is 2.35. The maximum absolute atomic E-state index is 13.1. The molecular weight excluding hydrogens is 454 g/mol. The molecule has 2 aliphatic rings. The molecule has 3 heterocycles. The topological polar surface area (TPSA) is 71.0 Å². The van der Waals surface area contributed by atoms with Crippen LogP contribution in [0, 0.1) is 0 Å². The fraction of sp³-hybridized carbons (Fsp3) is 0.464. The molecule has 3 aromatic rings. The number of piperidine rings is 1. The molecule has 0 saturated carbocycles. The summed E-state index contributed by atoms with van der Waals surface area (Å²) in [5.74, 6) is 1.59. The molecule has 2 saturated heterocycles. The summed E-state index contributed by atoms with van der Waals surface area (Å²) in [6.45, 7) is 8.30. The van der Waals surface area contributed by atoms with E-state index in [2.05, 4.69) is 52.9 Å². The second-order valence-corrected chi connectivity index (χ2v) is 9.93. The first-order valence-corrected chi connectivity index (χ1v) is 12.8. The van der Waals surface area contributed by atoms with Crippen molar-refractivity contribution in [2.75, 3.05) is 38.2 Å². The predicted molar refractivity (Wildman–Crippen MR) is 140 cm³/mol. The summed E-state index contributed by atoms with van der Waals surface area (Å²) in [5, 5.41) is 0. The number of carbonyl (C=O) groups excluding carboxylic acids is 1. The van der Waals surface area contributed by atoms with Crippen LogP contribution in [0.3, 0.4) is 0 Å². The predicted octanol–water partition coefficient (Wildman–Crippen LogP) is 4.34. The highest BCUT2D eigenvalue weighted by atomic mass is 16.6. The molecule has 2 fully saturated rings. The fourth-order valence-corrected chi connectivity index (χ4v) is 5.18. The number of amides is 1. The first kappa shape index (κ1) is 24.3. The van der Waals surface area contributed by atoms with Crippen molar-refractivity contribution < 1.29 is 14.3 Å². The van der Waals surface area contributed by atoms with Crippen LogP contribution in [-0.2, 0) is 11.3 Å². The van der Waals surface area contributed by atoms with Crippen molar-refractivity contribution in [3.05, 3.63) is 60.3 Å². The zero-order valence-electron chi connectivity index (χ0n) is 21.3. The molecule has 36 heavy (non-hydrogen) atoms. The van der Waals surface area contributed by atoms with Crippen molar-refractivity contribution in [1.82, 2.24) is 19.8 Å². The average molecular weight is 490 g/mol. The lowest BCUT2D eigenvalue weighted by atomic mass is 10.1.